The highest BCUT2D eigenvalue weighted by atomic mass is 32.2. The Kier molecular flexibility index (Phi) is 5.80. The third kappa shape index (κ3) is 4.78. The van der Waals surface area contributed by atoms with Crippen LogP contribution in [-0.2, 0) is 16.6 Å². The molecule has 3 aromatic rings. The molecule has 0 aliphatic heterocycles. The molecule has 0 fully saturated rings. The zero-order valence-electron chi connectivity index (χ0n) is 15.8. The smallest absolute Gasteiger partial charge is 0.261 e. The first-order valence-electron chi connectivity index (χ1n) is 8.87. The lowest BCUT2D eigenvalue weighted by Gasteiger charge is -2.11. The highest BCUT2D eigenvalue weighted by Gasteiger charge is 2.17. The third-order valence-corrected chi connectivity index (χ3v) is 5.73. The molecule has 6 heteroatoms. The average Bonchev–Trinajstić information content (AvgIpc) is 2.69. The van der Waals surface area contributed by atoms with Crippen molar-refractivity contribution in [2.75, 3.05) is 4.72 Å². The van der Waals surface area contributed by atoms with Gasteiger partial charge in [-0.05, 0) is 49.2 Å². The summed E-state index contributed by atoms with van der Waals surface area (Å²) in [6.07, 6.45) is 0. The van der Waals surface area contributed by atoms with Crippen LogP contribution in [0.3, 0.4) is 0 Å². The van der Waals surface area contributed by atoms with Gasteiger partial charge in [-0.3, -0.25) is 9.52 Å². The number of sulfonamides is 1. The summed E-state index contributed by atoms with van der Waals surface area (Å²) in [6.45, 7) is 4.20. The molecule has 1 amide bonds. The van der Waals surface area contributed by atoms with E-state index in [0.717, 1.165) is 16.7 Å². The standard InChI is InChI=1S/C22H22N2O3S/c1-16-10-12-18(13-11-16)15-23-22(25)19-7-5-8-20(14-19)28(26,27)24-21-9-4-3-6-17(21)2/h3-14,24H,15H2,1-2H3,(H,23,25). The lowest BCUT2D eigenvalue weighted by Crippen LogP contribution is -2.23. The summed E-state index contributed by atoms with van der Waals surface area (Å²) in [7, 11) is -3.79. The zero-order chi connectivity index (χ0) is 20.1. The molecule has 5 nitrogen and oxygen atoms in total. The topological polar surface area (TPSA) is 75.3 Å². The van der Waals surface area contributed by atoms with Gasteiger partial charge in [0.15, 0.2) is 0 Å². The van der Waals surface area contributed by atoms with Crippen molar-refractivity contribution >= 4 is 21.6 Å². The van der Waals surface area contributed by atoms with E-state index in [1.54, 1.807) is 24.3 Å². The quantitative estimate of drug-likeness (QED) is 0.663. The third-order valence-electron chi connectivity index (χ3n) is 4.37. The number of rotatable bonds is 6. The van der Waals surface area contributed by atoms with Crippen molar-refractivity contribution in [3.05, 3.63) is 95.1 Å². The van der Waals surface area contributed by atoms with Crippen LogP contribution in [0.1, 0.15) is 27.0 Å². The van der Waals surface area contributed by atoms with Gasteiger partial charge < -0.3 is 5.32 Å². The molecule has 0 unspecified atom stereocenters. The Balaban J connectivity index is 1.74. The minimum atomic E-state index is -3.79. The van der Waals surface area contributed by atoms with E-state index >= 15 is 0 Å². The Morgan fingerprint density at radius 3 is 2.32 bits per heavy atom. The number of benzene rings is 3. The second kappa shape index (κ2) is 8.27. The first-order chi connectivity index (χ1) is 13.3. The lowest BCUT2D eigenvalue weighted by molar-refractivity contribution is 0.0950. The fourth-order valence-corrected chi connectivity index (χ4v) is 3.86. The van der Waals surface area contributed by atoms with Crippen molar-refractivity contribution in [3.8, 4) is 0 Å². The summed E-state index contributed by atoms with van der Waals surface area (Å²) in [5.41, 5.74) is 3.74. The molecule has 0 aliphatic rings. The maximum absolute atomic E-state index is 12.7. The summed E-state index contributed by atoms with van der Waals surface area (Å²) in [6, 6.07) is 21.0. The van der Waals surface area contributed by atoms with Crippen LogP contribution >= 0.6 is 0 Å². The van der Waals surface area contributed by atoms with Crippen molar-refractivity contribution in [1.29, 1.82) is 0 Å². The van der Waals surface area contributed by atoms with E-state index in [0.29, 0.717) is 17.8 Å². The predicted octanol–water partition coefficient (Wildman–Crippen LogP) is 4.03. The number of carbonyl (C=O) groups excluding carboxylic acids is 1. The molecule has 0 atom stereocenters. The lowest BCUT2D eigenvalue weighted by atomic mass is 10.1. The Morgan fingerprint density at radius 2 is 1.61 bits per heavy atom. The number of anilines is 1. The number of para-hydroxylation sites is 1. The maximum atomic E-state index is 12.7. The largest absolute Gasteiger partial charge is 0.348 e. The van der Waals surface area contributed by atoms with E-state index in [-0.39, 0.29) is 10.8 Å². The highest BCUT2D eigenvalue weighted by Crippen LogP contribution is 2.20. The van der Waals surface area contributed by atoms with Gasteiger partial charge in [-0.15, -0.1) is 0 Å². The molecular weight excluding hydrogens is 372 g/mol. The number of amides is 1. The highest BCUT2D eigenvalue weighted by molar-refractivity contribution is 7.92. The molecule has 0 saturated heterocycles. The predicted molar refractivity (Wildman–Crippen MR) is 111 cm³/mol. The number of nitrogens with one attached hydrogen (secondary N) is 2. The molecule has 0 bridgehead atoms. The van der Waals surface area contributed by atoms with Gasteiger partial charge in [-0.2, -0.15) is 0 Å². The number of aryl methyl sites for hydroxylation is 2. The van der Waals surface area contributed by atoms with Crippen LogP contribution in [-0.4, -0.2) is 14.3 Å². The molecule has 0 spiro atoms. The van der Waals surface area contributed by atoms with E-state index in [2.05, 4.69) is 10.0 Å². The minimum Gasteiger partial charge on any atom is -0.348 e. The molecule has 0 aromatic heterocycles. The second-order valence-corrected chi connectivity index (χ2v) is 8.30. The van der Waals surface area contributed by atoms with Gasteiger partial charge in [-0.25, -0.2) is 8.42 Å². The molecule has 144 valence electrons. The van der Waals surface area contributed by atoms with Crippen LogP contribution in [0, 0.1) is 13.8 Å². The van der Waals surface area contributed by atoms with E-state index in [9.17, 15) is 13.2 Å². The molecule has 2 N–H and O–H groups in total. The molecule has 28 heavy (non-hydrogen) atoms. The Morgan fingerprint density at radius 1 is 0.893 bits per heavy atom. The van der Waals surface area contributed by atoms with Gasteiger partial charge in [0.05, 0.1) is 10.6 Å². The van der Waals surface area contributed by atoms with Crippen LogP contribution in [0.25, 0.3) is 0 Å². The fourth-order valence-electron chi connectivity index (χ4n) is 2.69. The van der Waals surface area contributed by atoms with Crippen LogP contribution in [0.15, 0.2) is 77.7 Å². The van der Waals surface area contributed by atoms with Crippen molar-refractivity contribution in [2.24, 2.45) is 0 Å². The van der Waals surface area contributed by atoms with Gasteiger partial charge in [0.1, 0.15) is 0 Å². The summed E-state index contributed by atoms with van der Waals surface area (Å²) < 4.78 is 28.0. The first kappa shape index (κ1) is 19.6. The van der Waals surface area contributed by atoms with E-state index in [1.165, 1.54) is 12.1 Å². The van der Waals surface area contributed by atoms with Crippen LogP contribution in [0.2, 0.25) is 0 Å². The number of carbonyl (C=O) groups is 1. The van der Waals surface area contributed by atoms with Gasteiger partial charge >= 0.3 is 0 Å². The van der Waals surface area contributed by atoms with Crippen molar-refractivity contribution in [1.82, 2.24) is 5.32 Å². The van der Waals surface area contributed by atoms with Crippen LogP contribution in [0.5, 0.6) is 0 Å². The summed E-state index contributed by atoms with van der Waals surface area (Å²) >= 11 is 0. The molecule has 0 aliphatic carbocycles. The number of hydrogen-bond acceptors (Lipinski definition) is 3. The van der Waals surface area contributed by atoms with E-state index in [4.69, 9.17) is 0 Å². The van der Waals surface area contributed by atoms with Crippen molar-refractivity contribution in [2.45, 2.75) is 25.3 Å². The second-order valence-electron chi connectivity index (χ2n) is 6.62. The SMILES string of the molecule is Cc1ccc(CNC(=O)c2cccc(S(=O)(=O)Nc3ccccc3C)c2)cc1. The molecule has 3 rings (SSSR count). The normalized spacial score (nSPS) is 11.1. The monoisotopic (exact) mass is 394 g/mol. The van der Waals surface area contributed by atoms with E-state index < -0.39 is 10.0 Å². The molecule has 3 aromatic carbocycles. The van der Waals surface area contributed by atoms with Crippen LogP contribution in [0.4, 0.5) is 5.69 Å². The summed E-state index contributed by atoms with van der Waals surface area (Å²) in [5.74, 6) is -0.325. The first-order valence-corrected chi connectivity index (χ1v) is 10.4. The summed E-state index contributed by atoms with van der Waals surface area (Å²) in [4.78, 5) is 12.5. The summed E-state index contributed by atoms with van der Waals surface area (Å²) in [5, 5.41) is 2.82. The average molecular weight is 394 g/mol. The van der Waals surface area contributed by atoms with Gasteiger partial charge in [-0.1, -0.05) is 54.1 Å². The Labute approximate surface area is 165 Å². The molecular formula is C22H22N2O3S. The Hall–Kier alpha value is -3.12. The zero-order valence-corrected chi connectivity index (χ0v) is 16.6. The van der Waals surface area contributed by atoms with Gasteiger partial charge in [0, 0.05) is 12.1 Å². The Bertz CT molecular complexity index is 1090. The molecule has 0 radical (unpaired) electrons. The molecule has 0 saturated carbocycles. The fraction of sp³-hybridized carbons (Fsp3) is 0.136. The van der Waals surface area contributed by atoms with Crippen molar-refractivity contribution in [3.63, 3.8) is 0 Å². The van der Waals surface area contributed by atoms with Gasteiger partial charge in [0.2, 0.25) is 0 Å². The number of hydrogen-bond donors (Lipinski definition) is 2. The van der Waals surface area contributed by atoms with E-state index in [1.807, 2.05) is 50.2 Å². The molecule has 0 heterocycles. The van der Waals surface area contributed by atoms with Crippen molar-refractivity contribution < 1.29 is 13.2 Å². The van der Waals surface area contributed by atoms with Gasteiger partial charge in [0.25, 0.3) is 15.9 Å². The van der Waals surface area contributed by atoms with Crippen LogP contribution < -0.4 is 10.0 Å². The maximum Gasteiger partial charge on any atom is 0.261 e. The minimum absolute atomic E-state index is 0.0405.